The molecule has 3 aromatic rings. The molecule has 1 aliphatic rings. The molecule has 22 heavy (non-hydrogen) atoms. The van der Waals surface area contributed by atoms with Gasteiger partial charge in [-0.2, -0.15) is 0 Å². The zero-order valence-electron chi connectivity index (χ0n) is 11.9. The average Bonchev–Trinajstić information content (AvgIpc) is 3.16. The van der Waals surface area contributed by atoms with Crippen molar-refractivity contribution in [2.75, 3.05) is 26.3 Å². The molecule has 0 aliphatic carbocycles. The number of carbonyl (C=O) groups is 1. The zero-order chi connectivity index (χ0) is 14.9. The van der Waals surface area contributed by atoms with E-state index in [4.69, 9.17) is 4.74 Å². The van der Waals surface area contributed by atoms with Crippen LogP contribution in [0.4, 0.5) is 0 Å². The number of hydrogen-bond acceptors (Lipinski definition) is 4. The molecule has 0 bridgehead atoms. The number of ether oxygens (including phenoxy) is 1. The van der Waals surface area contributed by atoms with Crippen molar-refractivity contribution in [2.45, 2.75) is 0 Å². The summed E-state index contributed by atoms with van der Waals surface area (Å²) in [5.41, 5.74) is 2.63. The molecule has 112 valence electrons. The fraction of sp³-hybridized carbons (Fsp3) is 0.250. The Morgan fingerprint density at radius 1 is 1.18 bits per heavy atom. The Labute approximate surface area is 131 Å². The van der Waals surface area contributed by atoms with Gasteiger partial charge in [-0.3, -0.25) is 9.20 Å². The summed E-state index contributed by atoms with van der Waals surface area (Å²) in [6.45, 7) is 2.52. The van der Waals surface area contributed by atoms with Crippen molar-refractivity contribution in [3.63, 3.8) is 0 Å². The Hall–Kier alpha value is -2.18. The molecule has 0 unspecified atom stereocenters. The zero-order valence-corrected chi connectivity index (χ0v) is 12.8. The third-order valence-corrected chi connectivity index (χ3v) is 4.64. The number of thiazole rings is 1. The second-order valence-corrected chi connectivity index (χ2v) is 6.01. The highest BCUT2D eigenvalue weighted by Gasteiger charge is 2.22. The number of fused-ring (bicyclic) bond motifs is 1. The number of rotatable bonds is 2. The molecule has 3 heterocycles. The first kappa shape index (κ1) is 13.5. The van der Waals surface area contributed by atoms with E-state index < -0.39 is 0 Å². The van der Waals surface area contributed by atoms with Crippen LogP contribution in [0, 0.1) is 0 Å². The average molecular weight is 313 g/mol. The van der Waals surface area contributed by atoms with Crippen molar-refractivity contribution in [3.8, 4) is 11.3 Å². The number of imidazole rings is 1. The highest BCUT2D eigenvalue weighted by Crippen LogP contribution is 2.24. The van der Waals surface area contributed by atoms with E-state index in [0.717, 1.165) is 16.2 Å². The van der Waals surface area contributed by atoms with Gasteiger partial charge in [0, 0.05) is 30.2 Å². The maximum atomic E-state index is 12.6. The molecule has 6 heteroatoms. The molecule has 2 aromatic heterocycles. The fourth-order valence-electron chi connectivity index (χ4n) is 2.61. The lowest BCUT2D eigenvalue weighted by atomic mass is 10.2. The van der Waals surface area contributed by atoms with Crippen LogP contribution in [-0.2, 0) is 4.74 Å². The second-order valence-electron chi connectivity index (χ2n) is 5.17. The van der Waals surface area contributed by atoms with Crippen LogP contribution in [-0.4, -0.2) is 46.5 Å². The highest BCUT2D eigenvalue weighted by atomic mass is 32.1. The van der Waals surface area contributed by atoms with Crippen LogP contribution < -0.4 is 0 Å². The molecule has 5 nitrogen and oxygen atoms in total. The Balaban J connectivity index is 1.70. The number of carbonyl (C=O) groups excluding carboxylic acids is 1. The summed E-state index contributed by atoms with van der Waals surface area (Å²) in [6, 6.07) is 10.0. The van der Waals surface area contributed by atoms with E-state index in [1.165, 1.54) is 11.3 Å². The molecule has 1 aromatic carbocycles. The monoisotopic (exact) mass is 313 g/mol. The predicted molar refractivity (Wildman–Crippen MR) is 85.2 cm³/mol. The molecule has 0 N–H and O–H groups in total. The van der Waals surface area contributed by atoms with Crippen LogP contribution in [0.3, 0.4) is 0 Å². The first-order chi connectivity index (χ1) is 10.8. The van der Waals surface area contributed by atoms with Crippen LogP contribution in [0.15, 0.2) is 41.9 Å². The number of benzene rings is 1. The van der Waals surface area contributed by atoms with Crippen molar-refractivity contribution in [2.24, 2.45) is 0 Å². The SMILES string of the molecule is O=C(c1csc2nc(-c3ccccc3)cn12)N1CCOCC1. The van der Waals surface area contributed by atoms with E-state index in [2.05, 4.69) is 4.98 Å². The van der Waals surface area contributed by atoms with Gasteiger partial charge in [0.05, 0.1) is 18.9 Å². The molecule has 1 amide bonds. The molecule has 0 saturated carbocycles. The van der Waals surface area contributed by atoms with Crippen molar-refractivity contribution in [1.82, 2.24) is 14.3 Å². The van der Waals surface area contributed by atoms with Crippen LogP contribution in [0.2, 0.25) is 0 Å². The Morgan fingerprint density at radius 2 is 1.95 bits per heavy atom. The first-order valence-corrected chi connectivity index (χ1v) is 8.10. The van der Waals surface area contributed by atoms with E-state index in [0.29, 0.717) is 32.0 Å². The van der Waals surface area contributed by atoms with Crippen molar-refractivity contribution < 1.29 is 9.53 Å². The van der Waals surface area contributed by atoms with E-state index in [9.17, 15) is 4.79 Å². The molecule has 0 spiro atoms. The van der Waals surface area contributed by atoms with E-state index in [1.54, 1.807) is 0 Å². The molecule has 1 fully saturated rings. The smallest absolute Gasteiger partial charge is 0.271 e. The minimum absolute atomic E-state index is 0.0477. The molecule has 4 rings (SSSR count). The Bertz CT molecular complexity index is 803. The van der Waals surface area contributed by atoms with Gasteiger partial charge in [0.2, 0.25) is 0 Å². The van der Waals surface area contributed by atoms with Crippen molar-refractivity contribution in [3.05, 3.63) is 47.6 Å². The molecular formula is C16H15N3O2S. The van der Waals surface area contributed by atoms with Gasteiger partial charge in [-0.1, -0.05) is 30.3 Å². The third kappa shape index (κ3) is 2.30. The Kier molecular flexibility index (Phi) is 3.40. The number of amides is 1. The molecule has 1 saturated heterocycles. The standard InChI is InChI=1S/C16H15N3O2S/c20-15(18-6-8-21-9-7-18)14-11-22-16-17-13(10-19(14)16)12-4-2-1-3-5-12/h1-5,10-11H,6-9H2. The molecule has 0 radical (unpaired) electrons. The van der Waals surface area contributed by atoms with Gasteiger partial charge in [-0.25, -0.2) is 4.98 Å². The number of hydrogen-bond donors (Lipinski definition) is 0. The maximum absolute atomic E-state index is 12.6. The minimum Gasteiger partial charge on any atom is -0.378 e. The largest absolute Gasteiger partial charge is 0.378 e. The van der Waals surface area contributed by atoms with Gasteiger partial charge >= 0.3 is 0 Å². The predicted octanol–water partition coefficient (Wildman–Crippen LogP) is 2.54. The van der Waals surface area contributed by atoms with Crippen LogP contribution >= 0.6 is 11.3 Å². The fourth-order valence-corrected chi connectivity index (χ4v) is 3.46. The summed E-state index contributed by atoms with van der Waals surface area (Å²) in [5, 5.41) is 1.88. The van der Waals surface area contributed by atoms with E-state index in [1.807, 2.05) is 51.2 Å². The molecule has 0 atom stereocenters. The molecular weight excluding hydrogens is 298 g/mol. The third-order valence-electron chi connectivity index (χ3n) is 3.80. The van der Waals surface area contributed by atoms with Gasteiger partial charge in [0.25, 0.3) is 5.91 Å². The quantitative estimate of drug-likeness (QED) is 0.730. The summed E-state index contributed by atoms with van der Waals surface area (Å²) in [7, 11) is 0. The number of aromatic nitrogens is 2. The summed E-state index contributed by atoms with van der Waals surface area (Å²) < 4.78 is 7.20. The number of nitrogens with zero attached hydrogens (tertiary/aromatic N) is 3. The topological polar surface area (TPSA) is 46.8 Å². The van der Waals surface area contributed by atoms with Gasteiger partial charge in [-0.15, -0.1) is 11.3 Å². The summed E-state index contributed by atoms with van der Waals surface area (Å²) in [6.07, 6.45) is 1.94. The van der Waals surface area contributed by atoms with Crippen molar-refractivity contribution >= 4 is 22.2 Å². The van der Waals surface area contributed by atoms with Crippen LogP contribution in [0.5, 0.6) is 0 Å². The van der Waals surface area contributed by atoms with Gasteiger partial charge < -0.3 is 9.64 Å². The van der Waals surface area contributed by atoms with Gasteiger partial charge in [0.15, 0.2) is 4.96 Å². The minimum atomic E-state index is 0.0477. The lowest BCUT2D eigenvalue weighted by Gasteiger charge is -2.26. The van der Waals surface area contributed by atoms with Gasteiger partial charge in [-0.05, 0) is 0 Å². The number of morpholine rings is 1. The summed E-state index contributed by atoms with van der Waals surface area (Å²) in [4.78, 5) is 19.9. The van der Waals surface area contributed by atoms with E-state index >= 15 is 0 Å². The normalized spacial score (nSPS) is 15.4. The highest BCUT2D eigenvalue weighted by molar-refractivity contribution is 7.15. The van der Waals surface area contributed by atoms with Crippen LogP contribution in [0.25, 0.3) is 16.2 Å². The van der Waals surface area contributed by atoms with E-state index in [-0.39, 0.29) is 5.91 Å². The van der Waals surface area contributed by atoms with Crippen LogP contribution in [0.1, 0.15) is 10.5 Å². The Morgan fingerprint density at radius 3 is 2.73 bits per heavy atom. The summed E-state index contributed by atoms with van der Waals surface area (Å²) in [5.74, 6) is 0.0477. The molecule has 1 aliphatic heterocycles. The first-order valence-electron chi connectivity index (χ1n) is 7.22. The summed E-state index contributed by atoms with van der Waals surface area (Å²) >= 11 is 1.49. The van der Waals surface area contributed by atoms with Gasteiger partial charge in [0.1, 0.15) is 5.69 Å². The maximum Gasteiger partial charge on any atom is 0.271 e. The second kappa shape index (κ2) is 5.55. The lowest BCUT2D eigenvalue weighted by Crippen LogP contribution is -2.41. The lowest BCUT2D eigenvalue weighted by molar-refractivity contribution is 0.0298. The van der Waals surface area contributed by atoms with Crippen molar-refractivity contribution in [1.29, 1.82) is 0 Å².